The van der Waals surface area contributed by atoms with Crippen LogP contribution in [-0.4, -0.2) is 21.4 Å². The van der Waals surface area contributed by atoms with Crippen molar-refractivity contribution in [3.8, 4) is 5.69 Å². The largest absolute Gasteiger partial charge is 0.370 e. The number of ether oxygens (including phenoxy) is 1. The first-order valence-corrected chi connectivity index (χ1v) is 8.67. The molecular formula is C20H20FN3O. The van der Waals surface area contributed by atoms with Crippen LogP contribution in [0.25, 0.3) is 5.69 Å². The van der Waals surface area contributed by atoms with Crippen molar-refractivity contribution >= 4 is 0 Å². The molecule has 0 N–H and O–H groups in total. The second kappa shape index (κ2) is 7.15. The number of hydrogen-bond acceptors (Lipinski definition) is 3. The molecule has 5 heteroatoms. The molecule has 0 aliphatic carbocycles. The Bertz CT molecular complexity index is 841. The third-order valence-corrected chi connectivity index (χ3v) is 4.45. The van der Waals surface area contributed by atoms with E-state index in [9.17, 15) is 4.39 Å². The first-order chi connectivity index (χ1) is 12.3. The number of aryl methyl sites for hydroxylation is 2. The summed E-state index contributed by atoms with van der Waals surface area (Å²) in [6.07, 6.45) is 3.34. The van der Waals surface area contributed by atoms with Crippen LogP contribution in [0.1, 0.15) is 36.2 Å². The number of hydrogen-bond donors (Lipinski definition) is 0. The van der Waals surface area contributed by atoms with Gasteiger partial charge in [-0.3, -0.25) is 0 Å². The molecule has 4 rings (SSSR count). The number of rotatable bonds is 5. The predicted molar refractivity (Wildman–Crippen MR) is 93.1 cm³/mol. The molecule has 3 aromatic rings. The lowest BCUT2D eigenvalue weighted by Gasteiger charge is -2.11. The summed E-state index contributed by atoms with van der Waals surface area (Å²) >= 11 is 0. The van der Waals surface area contributed by atoms with Gasteiger partial charge in [0.25, 0.3) is 0 Å². The number of halogens is 1. The summed E-state index contributed by atoms with van der Waals surface area (Å²) in [5.74, 6) is 1.12. The van der Waals surface area contributed by atoms with Gasteiger partial charge in [0.05, 0.1) is 0 Å². The molecule has 2 aromatic carbocycles. The number of benzene rings is 2. The van der Waals surface area contributed by atoms with Gasteiger partial charge in [0.2, 0.25) is 0 Å². The fraction of sp³-hybridized carbons (Fsp3) is 0.300. The average Bonchev–Trinajstić information content (AvgIpc) is 3.31. The van der Waals surface area contributed by atoms with Crippen LogP contribution in [0.5, 0.6) is 0 Å². The second-order valence-electron chi connectivity index (χ2n) is 6.24. The summed E-state index contributed by atoms with van der Waals surface area (Å²) in [4.78, 5) is 4.68. The normalized spacial score (nSPS) is 17.1. The fourth-order valence-corrected chi connectivity index (χ4v) is 3.17. The van der Waals surface area contributed by atoms with Gasteiger partial charge >= 0.3 is 0 Å². The van der Waals surface area contributed by atoms with Gasteiger partial charge in [-0.25, -0.2) is 14.1 Å². The molecule has 4 nitrogen and oxygen atoms in total. The zero-order valence-corrected chi connectivity index (χ0v) is 13.9. The Labute approximate surface area is 146 Å². The molecule has 1 fully saturated rings. The highest BCUT2D eigenvalue weighted by Gasteiger charge is 2.26. The van der Waals surface area contributed by atoms with E-state index in [-0.39, 0.29) is 11.9 Å². The lowest BCUT2D eigenvalue weighted by molar-refractivity contribution is 0.103. The van der Waals surface area contributed by atoms with E-state index in [4.69, 9.17) is 4.74 Å². The third-order valence-electron chi connectivity index (χ3n) is 4.45. The Balaban J connectivity index is 1.65. The first kappa shape index (κ1) is 16.0. The lowest BCUT2D eigenvalue weighted by Crippen LogP contribution is -2.09. The highest BCUT2D eigenvalue weighted by molar-refractivity contribution is 5.34. The smallest absolute Gasteiger partial charge is 0.161 e. The highest BCUT2D eigenvalue weighted by Crippen LogP contribution is 2.29. The van der Waals surface area contributed by atoms with Crippen LogP contribution >= 0.6 is 0 Å². The maximum Gasteiger partial charge on any atom is 0.161 e. The Hall–Kier alpha value is -2.53. The lowest BCUT2D eigenvalue weighted by atomic mass is 10.1. The molecule has 1 aliphatic heterocycles. The molecule has 128 valence electrons. The third kappa shape index (κ3) is 3.46. The highest BCUT2D eigenvalue weighted by atomic mass is 19.1. The van der Waals surface area contributed by atoms with Crippen LogP contribution in [0.2, 0.25) is 0 Å². The molecule has 0 bridgehead atoms. The molecule has 0 unspecified atom stereocenters. The van der Waals surface area contributed by atoms with Crippen LogP contribution in [0.4, 0.5) is 4.39 Å². The van der Waals surface area contributed by atoms with Gasteiger partial charge in [0, 0.05) is 13.0 Å². The topological polar surface area (TPSA) is 39.9 Å². The maximum absolute atomic E-state index is 14.3. The standard InChI is InChI=1S/C20H20FN3O/c21-16-9-4-5-10-17(16)24-20(18-11-6-14-25-18)22-19(23-24)13-12-15-7-2-1-3-8-15/h1-5,7-10,18H,6,11-14H2/t18-/m0/s1. The van der Waals surface area contributed by atoms with Crippen molar-refractivity contribution in [1.82, 2.24) is 14.8 Å². The monoisotopic (exact) mass is 337 g/mol. The zero-order chi connectivity index (χ0) is 17.1. The van der Waals surface area contributed by atoms with E-state index >= 15 is 0 Å². The molecule has 25 heavy (non-hydrogen) atoms. The Morgan fingerprint density at radius 2 is 1.84 bits per heavy atom. The van der Waals surface area contributed by atoms with Crippen molar-refractivity contribution in [2.45, 2.75) is 31.8 Å². The maximum atomic E-state index is 14.3. The van der Waals surface area contributed by atoms with Crippen molar-refractivity contribution in [2.75, 3.05) is 6.61 Å². The van der Waals surface area contributed by atoms with Crippen molar-refractivity contribution in [1.29, 1.82) is 0 Å². The summed E-state index contributed by atoms with van der Waals surface area (Å²) < 4.78 is 21.7. The van der Waals surface area contributed by atoms with Gasteiger partial charge < -0.3 is 4.74 Å². The Morgan fingerprint density at radius 1 is 1.04 bits per heavy atom. The molecule has 0 saturated carbocycles. The van der Waals surface area contributed by atoms with E-state index in [1.807, 2.05) is 24.3 Å². The second-order valence-corrected chi connectivity index (χ2v) is 6.24. The van der Waals surface area contributed by atoms with Gasteiger partial charge in [-0.2, -0.15) is 5.10 Å². The summed E-state index contributed by atoms with van der Waals surface area (Å²) in [5, 5.41) is 4.59. The average molecular weight is 337 g/mol. The minimum Gasteiger partial charge on any atom is -0.370 e. The van der Waals surface area contributed by atoms with Crippen LogP contribution in [0.15, 0.2) is 54.6 Å². The van der Waals surface area contributed by atoms with Gasteiger partial charge in [-0.1, -0.05) is 42.5 Å². The Kier molecular flexibility index (Phi) is 4.57. The molecule has 0 radical (unpaired) electrons. The van der Waals surface area contributed by atoms with E-state index < -0.39 is 0 Å². The van der Waals surface area contributed by atoms with E-state index in [0.717, 1.165) is 25.1 Å². The summed E-state index contributed by atoms with van der Waals surface area (Å²) in [5.41, 5.74) is 1.66. The molecule has 1 saturated heterocycles. The van der Waals surface area contributed by atoms with E-state index in [2.05, 4.69) is 22.2 Å². The number of nitrogens with zero attached hydrogens (tertiary/aromatic N) is 3. The fourth-order valence-electron chi connectivity index (χ4n) is 3.17. The van der Waals surface area contributed by atoms with Crippen LogP contribution in [0, 0.1) is 5.82 Å². The summed E-state index contributed by atoms with van der Waals surface area (Å²) in [7, 11) is 0. The van der Waals surface area contributed by atoms with Crippen molar-refractivity contribution < 1.29 is 9.13 Å². The van der Waals surface area contributed by atoms with Crippen molar-refractivity contribution in [2.24, 2.45) is 0 Å². The minimum absolute atomic E-state index is 0.113. The Morgan fingerprint density at radius 3 is 2.60 bits per heavy atom. The zero-order valence-electron chi connectivity index (χ0n) is 13.9. The quantitative estimate of drug-likeness (QED) is 0.705. The van der Waals surface area contributed by atoms with E-state index in [1.54, 1.807) is 16.8 Å². The van der Waals surface area contributed by atoms with E-state index in [1.165, 1.54) is 11.6 Å². The van der Waals surface area contributed by atoms with Crippen molar-refractivity contribution in [3.05, 3.63) is 77.6 Å². The van der Waals surface area contributed by atoms with E-state index in [0.29, 0.717) is 24.5 Å². The molecular weight excluding hydrogens is 317 g/mol. The van der Waals surface area contributed by atoms with Crippen LogP contribution < -0.4 is 0 Å². The minimum atomic E-state index is -0.304. The molecule has 0 amide bonds. The number of para-hydroxylation sites is 1. The summed E-state index contributed by atoms with van der Waals surface area (Å²) in [6.45, 7) is 0.716. The van der Waals surface area contributed by atoms with Crippen LogP contribution in [0.3, 0.4) is 0 Å². The predicted octanol–water partition coefficient (Wildman–Crippen LogP) is 4.04. The van der Waals surface area contributed by atoms with Crippen LogP contribution in [-0.2, 0) is 17.6 Å². The van der Waals surface area contributed by atoms with Crippen molar-refractivity contribution in [3.63, 3.8) is 0 Å². The first-order valence-electron chi connectivity index (χ1n) is 8.67. The van der Waals surface area contributed by atoms with Gasteiger partial charge in [0.15, 0.2) is 11.6 Å². The number of aromatic nitrogens is 3. The molecule has 1 aromatic heterocycles. The van der Waals surface area contributed by atoms with Gasteiger partial charge in [-0.05, 0) is 37.0 Å². The van der Waals surface area contributed by atoms with Gasteiger partial charge in [0.1, 0.15) is 17.6 Å². The molecule has 2 heterocycles. The SMILES string of the molecule is Fc1ccccc1-n1nc(CCc2ccccc2)nc1[C@@H]1CCCO1. The molecule has 1 aliphatic rings. The van der Waals surface area contributed by atoms with Gasteiger partial charge in [-0.15, -0.1) is 0 Å². The molecule has 0 spiro atoms. The summed E-state index contributed by atoms with van der Waals surface area (Å²) in [6, 6.07) is 16.9. The molecule has 1 atom stereocenters.